The molecule has 0 radical (unpaired) electrons. The predicted octanol–water partition coefficient (Wildman–Crippen LogP) is 4.03. The third-order valence-electron chi connectivity index (χ3n) is 5.38. The summed E-state index contributed by atoms with van der Waals surface area (Å²) in [6.07, 6.45) is 3.36. The lowest BCUT2D eigenvalue weighted by atomic mass is 9.87. The van der Waals surface area contributed by atoms with Crippen molar-refractivity contribution in [2.75, 3.05) is 10.9 Å². The Kier molecular flexibility index (Phi) is 6.48. The Hall–Kier alpha value is -3.30. The molecule has 0 saturated heterocycles. The summed E-state index contributed by atoms with van der Waals surface area (Å²) in [5.74, 6) is -1.05. The van der Waals surface area contributed by atoms with Crippen molar-refractivity contribution in [3.8, 4) is 17.0 Å². The first kappa shape index (κ1) is 21.9. The Balaban J connectivity index is 1.68. The number of benzene rings is 2. The van der Waals surface area contributed by atoms with Gasteiger partial charge in [0.1, 0.15) is 11.6 Å². The quantitative estimate of drug-likeness (QED) is 0.540. The number of aliphatic carboxylic acids is 1. The van der Waals surface area contributed by atoms with Crippen LogP contribution in [0.4, 0.5) is 10.1 Å². The molecular weight excluding hydrogens is 435 g/mol. The summed E-state index contributed by atoms with van der Waals surface area (Å²) >= 11 is -2.60. The lowest BCUT2D eigenvalue weighted by molar-refractivity contribution is -0.139. The van der Waals surface area contributed by atoms with Crippen LogP contribution in [0.1, 0.15) is 30.0 Å². The van der Waals surface area contributed by atoms with Crippen molar-refractivity contribution in [3.63, 3.8) is 0 Å². The fourth-order valence-corrected chi connectivity index (χ4v) is 4.73. The van der Waals surface area contributed by atoms with Gasteiger partial charge in [-0.3, -0.25) is 13.5 Å². The molecule has 4 rings (SSSR count). The van der Waals surface area contributed by atoms with Gasteiger partial charge in [0.2, 0.25) is 0 Å². The number of carbonyl (C=O) groups is 1. The number of fused-ring (bicyclic) bond motifs is 1. The van der Waals surface area contributed by atoms with E-state index in [4.69, 9.17) is 9.84 Å². The zero-order valence-corrected chi connectivity index (χ0v) is 17.8. The molecule has 2 unspecified atom stereocenters. The number of anilines is 1. The maximum atomic E-state index is 14.1. The van der Waals surface area contributed by atoms with Gasteiger partial charge in [0, 0.05) is 16.8 Å². The Morgan fingerprint density at radius 3 is 2.72 bits per heavy atom. The van der Waals surface area contributed by atoms with Crippen molar-refractivity contribution in [2.24, 2.45) is 0 Å². The van der Waals surface area contributed by atoms with Crippen LogP contribution in [0.3, 0.4) is 0 Å². The Morgan fingerprint density at radius 1 is 1.22 bits per heavy atom. The first-order valence-electron chi connectivity index (χ1n) is 10.0. The second kappa shape index (κ2) is 9.46. The maximum Gasteiger partial charge on any atom is 0.341 e. The third kappa shape index (κ3) is 4.49. The number of carboxylic acid groups (broad SMARTS) is 1. The van der Waals surface area contributed by atoms with Gasteiger partial charge < -0.3 is 14.4 Å². The third-order valence-corrected chi connectivity index (χ3v) is 6.17. The molecule has 2 atom stereocenters. The average molecular weight is 455 g/mol. The summed E-state index contributed by atoms with van der Waals surface area (Å²) in [7, 11) is 0. The summed E-state index contributed by atoms with van der Waals surface area (Å²) < 4.78 is 45.2. The monoisotopic (exact) mass is 455 g/mol. The van der Waals surface area contributed by atoms with E-state index in [1.165, 1.54) is 16.6 Å². The lowest BCUT2D eigenvalue weighted by Gasteiger charge is -2.38. The zero-order chi connectivity index (χ0) is 22.7. The van der Waals surface area contributed by atoms with Gasteiger partial charge in [-0.15, -0.1) is 0 Å². The van der Waals surface area contributed by atoms with E-state index in [9.17, 15) is 17.9 Å². The van der Waals surface area contributed by atoms with E-state index >= 15 is 0 Å². The number of aromatic nitrogens is 1. The highest BCUT2D eigenvalue weighted by atomic mass is 32.2. The number of nitrogens with zero attached hydrogens (tertiary/aromatic N) is 2. The van der Waals surface area contributed by atoms with Crippen LogP contribution in [0.5, 0.6) is 5.75 Å². The molecule has 0 aliphatic heterocycles. The Bertz CT molecular complexity index is 1160. The van der Waals surface area contributed by atoms with Crippen LogP contribution in [0.25, 0.3) is 11.3 Å². The van der Waals surface area contributed by atoms with Crippen molar-refractivity contribution in [2.45, 2.75) is 25.3 Å². The van der Waals surface area contributed by atoms with E-state index in [1.54, 1.807) is 42.5 Å². The molecule has 1 heterocycles. The van der Waals surface area contributed by atoms with Gasteiger partial charge in [-0.1, -0.05) is 24.3 Å². The van der Waals surface area contributed by atoms with E-state index in [0.29, 0.717) is 42.0 Å². The summed E-state index contributed by atoms with van der Waals surface area (Å²) in [5, 5.41) is 8.92. The highest BCUT2D eigenvalue weighted by Crippen LogP contribution is 2.41. The van der Waals surface area contributed by atoms with Gasteiger partial charge in [-0.05, 0) is 60.7 Å². The van der Waals surface area contributed by atoms with Crippen LogP contribution < -0.4 is 9.04 Å². The van der Waals surface area contributed by atoms with Crippen molar-refractivity contribution in [1.29, 1.82) is 0 Å². The van der Waals surface area contributed by atoms with Crippen LogP contribution in [-0.2, 0) is 22.5 Å². The van der Waals surface area contributed by atoms with E-state index in [2.05, 4.69) is 4.98 Å². The minimum absolute atomic E-state index is 0.331. The van der Waals surface area contributed by atoms with Crippen molar-refractivity contribution >= 4 is 22.9 Å². The summed E-state index contributed by atoms with van der Waals surface area (Å²) in [4.78, 5) is 15.2. The van der Waals surface area contributed by atoms with E-state index in [0.717, 1.165) is 11.1 Å². The number of ether oxygens (including phenoxy) is 1. The molecule has 1 aromatic heterocycles. The number of halogens is 1. The summed E-state index contributed by atoms with van der Waals surface area (Å²) in [6.45, 7) is -0.472. The average Bonchev–Trinajstić information content (AvgIpc) is 2.78. The first-order chi connectivity index (χ1) is 15.5. The van der Waals surface area contributed by atoms with E-state index in [1.807, 2.05) is 6.07 Å². The van der Waals surface area contributed by atoms with Crippen molar-refractivity contribution in [1.82, 2.24) is 4.98 Å². The molecule has 0 spiro atoms. The van der Waals surface area contributed by atoms with Gasteiger partial charge in [-0.2, -0.15) is 0 Å². The molecule has 1 aliphatic rings. The number of carboxylic acids is 1. The first-order valence-corrected chi connectivity index (χ1v) is 11.0. The highest BCUT2D eigenvalue weighted by molar-refractivity contribution is 7.80. The fraction of sp³-hybridized carbons (Fsp3) is 0.217. The molecule has 0 fully saturated rings. The number of hydrogen-bond donors (Lipinski definition) is 1. The lowest BCUT2D eigenvalue weighted by Crippen LogP contribution is -2.33. The molecule has 2 aromatic carbocycles. The molecule has 32 heavy (non-hydrogen) atoms. The second-order valence-electron chi connectivity index (χ2n) is 7.34. The largest absolute Gasteiger partial charge is 0.755 e. The second-order valence-corrected chi connectivity index (χ2v) is 8.17. The normalized spacial score (nSPS) is 16.1. The number of pyridine rings is 1. The van der Waals surface area contributed by atoms with Crippen LogP contribution >= 0.6 is 0 Å². The predicted molar refractivity (Wildman–Crippen MR) is 116 cm³/mol. The van der Waals surface area contributed by atoms with Crippen molar-refractivity contribution in [3.05, 3.63) is 77.7 Å². The molecular formula is C23H20FN2O5S-. The van der Waals surface area contributed by atoms with Gasteiger partial charge >= 0.3 is 5.97 Å². The zero-order valence-electron chi connectivity index (χ0n) is 16.9. The Labute approximate surface area is 186 Å². The standard InChI is InChI=1S/C23H21FN2O5S/c24-19-8-2-1-5-18(19)20-12-11-15(13-25-20)26(32(29)30)21-9-3-7-17-16(21)6-4-10-22(17)31-14-23(27)28/h1-2,4-6,8,10-13,21H,3,7,9,14H2,(H,27,28)(H,29,30)/p-1. The summed E-state index contributed by atoms with van der Waals surface area (Å²) in [6, 6.07) is 14.2. The molecule has 1 aliphatic carbocycles. The van der Waals surface area contributed by atoms with Crippen LogP contribution in [0.15, 0.2) is 60.8 Å². The van der Waals surface area contributed by atoms with Crippen molar-refractivity contribution < 1.29 is 27.8 Å². The topological polar surface area (TPSA) is 103 Å². The van der Waals surface area contributed by atoms with Crippen LogP contribution in [0, 0.1) is 5.82 Å². The van der Waals surface area contributed by atoms with Crippen LogP contribution in [0.2, 0.25) is 0 Å². The molecule has 0 amide bonds. The molecule has 1 N–H and O–H groups in total. The van der Waals surface area contributed by atoms with Gasteiger partial charge in [0.25, 0.3) is 0 Å². The van der Waals surface area contributed by atoms with E-state index < -0.39 is 35.7 Å². The smallest absolute Gasteiger partial charge is 0.341 e. The minimum atomic E-state index is -2.60. The van der Waals surface area contributed by atoms with Crippen LogP contribution in [-0.4, -0.2) is 31.4 Å². The van der Waals surface area contributed by atoms with E-state index in [-0.39, 0.29) is 0 Å². The molecule has 0 bridgehead atoms. The molecule has 166 valence electrons. The fourth-order valence-electron chi connectivity index (χ4n) is 4.02. The SMILES string of the molecule is O=C(O)COc1cccc2c1CCCC2N(c1ccc(-c2ccccc2F)nc1)S(=O)[O-]. The highest BCUT2D eigenvalue weighted by Gasteiger charge is 2.29. The minimum Gasteiger partial charge on any atom is -0.755 e. The molecule has 9 heteroatoms. The number of rotatable bonds is 7. The molecule has 3 aromatic rings. The molecule has 0 saturated carbocycles. The maximum absolute atomic E-state index is 14.1. The molecule has 7 nitrogen and oxygen atoms in total. The Morgan fingerprint density at radius 2 is 2.03 bits per heavy atom. The van der Waals surface area contributed by atoms with Gasteiger partial charge in [-0.25, -0.2) is 9.18 Å². The van der Waals surface area contributed by atoms with Gasteiger partial charge in [0.05, 0.1) is 23.6 Å². The number of hydrogen-bond acceptors (Lipinski definition) is 5. The van der Waals surface area contributed by atoms with Gasteiger partial charge in [0.15, 0.2) is 6.61 Å². The summed E-state index contributed by atoms with van der Waals surface area (Å²) in [5.41, 5.74) is 2.65.